The number of H-pyrrole nitrogens is 1. The molecule has 28 heavy (non-hydrogen) atoms. The van der Waals surface area contributed by atoms with E-state index < -0.39 is 0 Å². The number of benzene rings is 1. The summed E-state index contributed by atoms with van der Waals surface area (Å²) >= 11 is 2.84. The molecule has 3 aromatic rings. The first-order chi connectivity index (χ1) is 13.5. The van der Waals surface area contributed by atoms with Crippen LogP contribution in [0.1, 0.15) is 35.2 Å². The van der Waals surface area contributed by atoms with Crippen molar-refractivity contribution in [2.45, 2.75) is 44.0 Å². The van der Waals surface area contributed by atoms with Crippen molar-refractivity contribution in [3.63, 3.8) is 0 Å². The molecule has 0 radical (unpaired) electrons. The standard InChI is InChI=1S/C19H21N5O2S2/c1-3-16-23-24-19(28-16)21-15(25)10-9-14-12(2)20-18(22-17(14)26)27-11-13-7-5-4-6-8-13/h4-8H,3,9-11H2,1-2H3,(H,20,22,26)(H,21,24,25). The van der Waals surface area contributed by atoms with E-state index in [1.54, 1.807) is 6.92 Å². The second-order valence-electron chi connectivity index (χ2n) is 6.11. The molecule has 0 spiro atoms. The van der Waals surface area contributed by atoms with Gasteiger partial charge in [0.05, 0.1) is 0 Å². The predicted molar refractivity (Wildman–Crippen MR) is 112 cm³/mol. The summed E-state index contributed by atoms with van der Waals surface area (Å²) in [4.78, 5) is 31.8. The van der Waals surface area contributed by atoms with Crippen molar-refractivity contribution in [2.24, 2.45) is 0 Å². The zero-order chi connectivity index (χ0) is 19.9. The Labute approximate surface area is 171 Å². The Kier molecular flexibility index (Phi) is 6.94. The molecule has 2 heterocycles. The first-order valence-corrected chi connectivity index (χ1v) is 10.7. The van der Waals surface area contributed by atoms with E-state index in [0.29, 0.717) is 28.0 Å². The summed E-state index contributed by atoms with van der Waals surface area (Å²) in [5.41, 5.74) is 2.15. The van der Waals surface area contributed by atoms with Gasteiger partial charge in [-0.25, -0.2) is 4.98 Å². The monoisotopic (exact) mass is 415 g/mol. The first-order valence-electron chi connectivity index (χ1n) is 8.94. The molecule has 0 fully saturated rings. The van der Waals surface area contributed by atoms with Gasteiger partial charge in [0.2, 0.25) is 11.0 Å². The van der Waals surface area contributed by atoms with Gasteiger partial charge in [-0.1, -0.05) is 60.4 Å². The van der Waals surface area contributed by atoms with Gasteiger partial charge in [0.15, 0.2) is 5.16 Å². The average Bonchev–Trinajstić information content (AvgIpc) is 3.14. The molecule has 1 aromatic carbocycles. The molecule has 0 saturated carbocycles. The minimum atomic E-state index is -0.194. The molecule has 0 aliphatic rings. The van der Waals surface area contributed by atoms with Crippen molar-refractivity contribution >= 4 is 34.1 Å². The molecule has 3 rings (SSSR count). The maximum Gasteiger partial charge on any atom is 0.254 e. The number of aromatic nitrogens is 4. The van der Waals surface area contributed by atoms with E-state index in [4.69, 9.17) is 0 Å². The van der Waals surface area contributed by atoms with Crippen LogP contribution in [0.2, 0.25) is 0 Å². The molecule has 2 N–H and O–H groups in total. The maximum atomic E-state index is 12.4. The summed E-state index contributed by atoms with van der Waals surface area (Å²) < 4.78 is 0. The lowest BCUT2D eigenvalue weighted by molar-refractivity contribution is -0.116. The van der Waals surface area contributed by atoms with E-state index in [-0.39, 0.29) is 17.9 Å². The van der Waals surface area contributed by atoms with Gasteiger partial charge in [0.1, 0.15) is 5.01 Å². The SMILES string of the molecule is CCc1nnc(NC(=O)CCc2c(C)nc(SCc3ccccc3)[nH]c2=O)s1. The largest absolute Gasteiger partial charge is 0.301 e. The van der Waals surface area contributed by atoms with E-state index in [9.17, 15) is 9.59 Å². The Morgan fingerprint density at radius 3 is 2.71 bits per heavy atom. The van der Waals surface area contributed by atoms with Crippen LogP contribution in [0.25, 0.3) is 0 Å². The van der Waals surface area contributed by atoms with Crippen LogP contribution >= 0.6 is 23.1 Å². The second-order valence-corrected chi connectivity index (χ2v) is 8.14. The third kappa shape index (κ3) is 5.49. The Morgan fingerprint density at radius 2 is 2.04 bits per heavy atom. The van der Waals surface area contributed by atoms with E-state index in [1.165, 1.54) is 23.1 Å². The highest BCUT2D eigenvalue weighted by Gasteiger charge is 2.13. The number of aryl methyl sites for hydroxylation is 2. The Bertz CT molecular complexity index is 1000. The fourth-order valence-electron chi connectivity index (χ4n) is 2.54. The lowest BCUT2D eigenvalue weighted by Gasteiger charge is -2.07. The zero-order valence-electron chi connectivity index (χ0n) is 15.7. The molecule has 0 unspecified atom stereocenters. The molecule has 0 aliphatic heterocycles. The normalized spacial score (nSPS) is 10.8. The van der Waals surface area contributed by atoms with Gasteiger partial charge >= 0.3 is 0 Å². The maximum absolute atomic E-state index is 12.4. The number of carbonyl (C=O) groups excluding carboxylic acids is 1. The molecule has 0 atom stereocenters. The molecule has 146 valence electrons. The smallest absolute Gasteiger partial charge is 0.254 e. The number of nitrogens with zero attached hydrogens (tertiary/aromatic N) is 3. The summed E-state index contributed by atoms with van der Waals surface area (Å²) in [6, 6.07) is 10.0. The number of hydrogen-bond donors (Lipinski definition) is 2. The lowest BCUT2D eigenvalue weighted by Crippen LogP contribution is -2.20. The second kappa shape index (κ2) is 9.61. The molecule has 0 bridgehead atoms. The third-order valence-corrected chi connectivity index (χ3v) is 5.96. The highest BCUT2D eigenvalue weighted by molar-refractivity contribution is 7.98. The number of hydrogen-bond acceptors (Lipinski definition) is 7. The molecule has 0 aliphatic carbocycles. The van der Waals surface area contributed by atoms with E-state index in [0.717, 1.165) is 22.7 Å². The Hall–Kier alpha value is -2.52. The number of thioether (sulfide) groups is 1. The predicted octanol–water partition coefficient (Wildman–Crippen LogP) is 3.36. The van der Waals surface area contributed by atoms with Gasteiger partial charge < -0.3 is 10.3 Å². The first kappa shape index (κ1) is 20.2. The topological polar surface area (TPSA) is 101 Å². The molecule has 9 heteroatoms. The van der Waals surface area contributed by atoms with E-state index >= 15 is 0 Å². The number of anilines is 1. The average molecular weight is 416 g/mol. The fraction of sp³-hybridized carbons (Fsp3) is 0.316. The number of rotatable bonds is 8. The van der Waals surface area contributed by atoms with Crippen molar-refractivity contribution in [2.75, 3.05) is 5.32 Å². The molecular formula is C19H21N5O2S2. The summed E-state index contributed by atoms with van der Waals surface area (Å²) in [6.07, 6.45) is 1.29. The van der Waals surface area contributed by atoms with E-state index in [1.807, 2.05) is 37.3 Å². The number of nitrogens with one attached hydrogen (secondary N) is 2. The summed E-state index contributed by atoms with van der Waals surface area (Å²) in [5.74, 6) is 0.534. The number of carbonyl (C=O) groups is 1. The molecule has 0 saturated heterocycles. The quantitative estimate of drug-likeness (QED) is 0.432. The van der Waals surface area contributed by atoms with Gasteiger partial charge in [0.25, 0.3) is 5.56 Å². The van der Waals surface area contributed by atoms with Crippen LogP contribution in [0.15, 0.2) is 40.3 Å². The van der Waals surface area contributed by atoms with Gasteiger partial charge in [-0.2, -0.15) is 0 Å². The Balaban J connectivity index is 1.58. The molecule has 1 amide bonds. The van der Waals surface area contributed by atoms with Crippen LogP contribution in [-0.2, 0) is 23.4 Å². The van der Waals surface area contributed by atoms with Crippen LogP contribution in [-0.4, -0.2) is 26.1 Å². The van der Waals surface area contributed by atoms with Crippen LogP contribution in [0.5, 0.6) is 0 Å². The zero-order valence-corrected chi connectivity index (χ0v) is 17.3. The minimum absolute atomic E-state index is 0.184. The minimum Gasteiger partial charge on any atom is -0.301 e. The van der Waals surface area contributed by atoms with Crippen molar-refractivity contribution < 1.29 is 4.79 Å². The number of amides is 1. The van der Waals surface area contributed by atoms with Crippen LogP contribution in [0.3, 0.4) is 0 Å². The van der Waals surface area contributed by atoms with Crippen LogP contribution in [0.4, 0.5) is 5.13 Å². The highest BCUT2D eigenvalue weighted by Crippen LogP contribution is 2.19. The lowest BCUT2D eigenvalue weighted by atomic mass is 10.1. The van der Waals surface area contributed by atoms with Crippen molar-refractivity contribution in [1.29, 1.82) is 0 Å². The van der Waals surface area contributed by atoms with Gasteiger partial charge in [-0.15, -0.1) is 10.2 Å². The fourth-order valence-corrected chi connectivity index (χ4v) is 4.10. The molecular weight excluding hydrogens is 394 g/mol. The summed E-state index contributed by atoms with van der Waals surface area (Å²) in [7, 11) is 0. The highest BCUT2D eigenvalue weighted by atomic mass is 32.2. The molecule has 2 aromatic heterocycles. The van der Waals surface area contributed by atoms with Crippen LogP contribution in [0, 0.1) is 6.92 Å². The summed E-state index contributed by atoms with van der Waals surface area (Å²) in [6.45, 7) is 3.78. The van der Waals surface area contributed by atoms with Gasteiger partial charge in [-0.3, -0.25) is 9.59 Å². The van der Waals surface area contributed by atoms with Crippen molar-refractivity contribution in [3.8, 4) is 0 Å². The van der Waals surface area contributed by atoms with Gasteiger partial charge in [0, 0.05) is 23.4 Å². The summed E-state index contributed by atoms with van der Waals surface area (Å²) in [5, 5.41) is 12.6. The third-order valence-electron chi connectivity index (χ3n) is 4.04. The van der Waals surface area contributed by atoms with Crippen LogP contribution < -0.4 is 10.9 Å². The van der Waals surface area contributed by atoms with Crippen molar-refractivity contribution in [1.82, 2.24) is 20.2 Å². The van der Waals surface area contributed by atoms with Gasteiger partial charge in [-0.05, 0) is 25.3 Å². The van der Waals surface area contributed by atoms with E-state index in [2.05, 4.69) is 25.5 Å². The van der Waals surface area contributed by atoms with Crippen molar-refractivity contribution in [3.05, 3.63) is 62.5 Å². The number of aromatic amines is 1. The Morgan fingerprint density at radius 1 is 1.25 bits per heavy atom. The molecule has 7 nitrogen and oxygen atoms in total.